The van der Waals surface area contributed by atoms with E-state index in [0.29, 0.717) is 36.3 Å². The standard InChI is InChI=1S/C28H39N3O5S/c1-19-13-22(19)18-36-24-16-21(15-23(17-24)31(2)37(3,34)35)28(33)30-26(14-20-9-5-4-6-10-20)27(32)25-11-7-8-12-29-25/h4-6,9-10,15-17,19,22,25-27,29,32H,7-8,11-14,18H2,1-3H3,(H,30,33). The van der Waals surface area contributed by atoms with Gasteiger partial charge in [-0.2, -0.15) is 0 Å². The van der Waals surface area contributed by atoms with E-state index in [4.69, 9.17) is 4.74 Å². The third-order valence-corrected chi connectivity index (χ3v) is 8.75. The predicted molar refractivity (Wildman–Crippen MR) is 146 cm³/mol. The molecule has 5 unspecified atom stereocenters. The number of hydrogen-bond donors (Lipinski definition) is 3. The van der Waals surface area contributed by atoms with Crippen molar-refractivity contribution in [2.45, 2.75) is 57.2 Å². The minimum absolute atomic E-state index is 0.107. The SMILES string of the molecule is CC1CC1COc1cc(C(=O)NC(Cc2ccccc2)C(O)C2CCCCN2)cc(N(C)S(C)(=O)=O)c1. The number of aliphatic hydroxyl groups excluding tert-OH is 1. The van der Waals surface area contributed by atoms with Crippen molar-refractivity contribution in [2.24, 2.45) is 11.8 Å². The number of carbonyl (C=O) groups is 1. The number of ether oxygens (including phenoxy) is 1. The van der Waals surface area contributed by atoms with Crippen molar-refractivity contribution >= 4 is 21.6 Å². The second kappa shape index (κ2) is 11.8. The third kappa shape index (κ3) is 7.46. The Labute approximate surface area is 220 Å². The quantitative estimate of drug-likeness (QED) is 0.413. The van der Waals surface area contributed by atoms with Gasteiger partial charge >= 0.3 is 0 Å². The number of piperidine rings is 1. The van der Waals surface area contributed by atoms with Crippen molar-refractivity contribution in [1.29, 1.82) is 0 Å². The normalized spacial score (nSPS) is 23.1. The molecular formula is C28H39N3O5S. The van der Waals surface area contributed by atoms with Crippen LogP contribution in [0.1, 0.15) is 48.5 Å². The number of nitrogens with zero attached hydrogens (tertiary/aromatic N) is 1. The Hall–Kier alpha value is -2.62. The molecule has 4 rings (SSSR count). The fourth-order valence-electron chi connectivity index (χ4n) is 4.83. The number of rotatable bonds is 11. The summed E-state index contributed by atoms with van der Waals surface area (Å²) in [6, 6.07) is 14.0. The highest BCUT2D eigenvalue weighted by molar-refractivity contribution is 7.92. The van der Waals surface area contributed by atoms with Crippen LogP contribution in [0.4, 0.5) is 5.69 Å². The summed E-state index contributed by atoms with van der Waals surface area (Å²) in [4.78, 5) is 13.5. The molecule has 1 amide bonds. The summed E-state index contributed by atoms with van der Waals surface area (Å²) < 4.78 is 31.6. The Balaban J connectivity index is 1.58. The summed E-state index contributed by atoms with van der Waals surface area (Å²) in [5, 5.41) is 17.7. The highest BCUT2D eigenvalue weighted by Crippen LogP contribution is 2.38. The van der Waals surface area contributed by atoms with Gasteiger partial charge in [0.15, 0.2) is 0 Å². The summed E-state index contributed by atoms with van der Waals surface area (Å²) in [5.74, 6) is 1.15. The maximum Gasteiger partial charge on any atom is 0.251 e. The number of amides is 1. The molecule has 9 heteroatoms. The van der Waals surface area contributed by atoms with E-state index in [2.05, 4.69) is 17.6 Å². The molecule has 1 aliphatic heterocycles. The minimum atomic E-state index is -3.54. The van der Waals surface area contributed by atoms with Gasteiger partial charge in [-0.3, -0.25) is 9.10 Å². The van der Waals surface area contributed by atoms with E-state index in [-0.39, 0.29) is 17.5 Å². The molecule has 202 valence electrons. The Morgan fingerprint density at radius 2 is 1.95 bits per heavy atom. The van der Waals surface area contributed by atoms with Gasteiger partial charge in [0.25, 0.3) is 5.91 Å². The van der Waals surface area contributed by atoms with Gasteiger partial charge in [0.2, 0.25) is 10.0 Å². The maximum absolute atomic E-state index is 13.5. The van der Waals surface area contributed by atoms with Crippen LogP contribution in [-0.4, -0.2) is 64.1 Å². The number of carbonyl (C=O) groups excluding carboxylic acids is 1. The summed E-state index contributed by atoms with van der Waals surface area (Å²) in [6.45, 7) is 3.53. The first-order valence-electron chi connectivity index (χ1n) is 13.1. The Morgan fingerprint density at radius 3 is 2.57 bits per heavy atom. The summed E-state index contributed by atoms with van der Waals surface area (Å²) >= 11 is 0. The van der Waals surface area contributed by atoms with E-state index in [1.807, 2.05) is 30.3 Å². The zero-order valence-corrected chi connectivity index (χ0v) is 22.7. The number of nitrogens with one attached hydrogen (secondary N) is 2. The van der Waals surface area contributed by atoms with Crippen molar-refractivity contribution in [3.05, 3.63) is 59.7 Å². The van der Waals surface area contributed by atoms with Gasteiger partial charge in [0, 0.05) is 24.7 Å². The smallest absolute Gasteiger partial charge is 0.251 e. The molecule has 2 aromatic carbocycles. The van der Waals surface area contributed by atoms with Crippen molar-refractivity contribution < 1.29 is 23.1 Å². The number of anilines is 1. The molecule has 0 aromatic heterocycles. The maximum atomic E-state index is 13.5. The first-order valence-corrected chi connectivity index (χ1v) is 14.9. The molecule has 3 N–H and O–H groups in total. The first kappa shape index (κ1) is 27.4. The van der Waals surface area contributed by atoms with E-state index in [1.165, 1.54) is 7.05 Å². The van der Waals surface area contributed by atoms with Crippen LogP contribution >= 0.6 is 0 Å². The van der Waals surface area contributed by atoms with Crippen molar-refractivity contribution in [3.8, 4) is 5.75 Å². The molecule has 37 heavy (non-hydrogen) atoms. The van der Waals surface area contributed by atoms with Crippen molar-refractivity contribution in [2.75, 3.05) is 30.8 Å². The average Bonchev–Trinajstić information content (AvgIpc) is 3.61. The lowest BCUT2D eigenvalue weighted by Crippen LogP contribution is -2.55. The average molecular weight is 530 g/mol. The zero-order valence-electron chi connectivity index (χ0n) is 21.9. The van der Waals surface area contributed by atoms with Crippen molar-refractivity contribution in [1.82, 2.24) is 10.6 Å². The molecule has 0 radical (unpaired) electrons. The molecule has 2 aromatic rings. The molecule has 1 heterocycles. The summed E-state index contributed by atoms with van der Waals surface area (Å²) in [6.07, 6.45) is 4.86. The molecule has 8 nitrogen and oxygen atoms in total. The van der Waals surface area contributed by atoms with Crippen LogP contribution in [-0.2, 0) is 16.4 Å². The number of benzene rings is 2. The van der Waals surface area contributed by atoms with E-state index in [0.717, 1.165) is 48.4 Å². The molecule has 1 saturated carbocycles. The largest absolute Gasteiger partial charge is 0.493 e. The predicted octanol–water partition coefficient (Wildman–Crippen LogP) is 2.96. The van der Waals surface area contributed by atoms with E-state index >= 15 is 0 Å². The molecule has 0 bridgehead atoms. The van der Waals surface area contributed by atoms with Crippen LogP contribution in [0.15, 0.2) is 48.5 Å². The lowest BCUT2D eigenvalue weighted by Gasteiger charge is -2.34. The van der Waals surface area contributed by atoms with Crippen LogP contribution in [0.2, 0.25) is 0 Å². The lowest BCUT2D eigenvalue weighted by atomic mass is 9.91. The topological polar surface area (TPSA) is 108 Å². The van der Waals surface area contributed by atoms with Crippen LogP contribution in [0.3, 0.4) is 0 Å². The number of aliphatic hydroxyl groups is 1. The van der Waals surface area contributed by atoms with E-state index in [1.54, 1.807) is 18.2 Å². The second-order valence-corrected chi connectivity index (χ2v) is 12.6. The van der Waals surface area contributed by atoms with Crippen LogP contribution < -0.4 is 19.7 Å². The molecule has 1 saturated heterocycles. The number of hydrogen-bond acceptors (Lipinski definition) is 6. The highest BCUT2D eigenvalue weighted by atomic mass is 32.2. The van der Waals surface area contributed by atoms with Gasteiger partial charge < -0.3 is 20.5 Å². The Kier molecular flexibility index (Phi) is 8.77. The van der Waals surface area contributed by atoms with Crippen LogP contribution in [0, 0.1) is 11.8 Å². The Bertz CT molecular complexity index is 1170. The zero-order chi connectivity index (χ0) is 26.6. The van der Waals surface area contributed by atoms with E-state index < -0.39 is 22.2 Å². The number of sulfonamides is 1. The fourth-order valence-corrected chi connectivity index (χ4v) is 5.32. The van der Waals surface area contributed by atoms with E-state index in [9.17, 15) is 18.3 Å². The monoisotopic (exact) mass is 529 g/mol. The fraction of sp³-hybridized carbons (Fsp3) is 0.536. The first-order chi connectivity index (χ1) is 17.6. The van der Waals surface area contributed by atoms with Crippen LogP contribution in [0.25, 0.3) is 0 Å². The van der Waals surface area contributed by atoms with Gasteiger partial charge in [0.1, 0.15) is 5.75 Å². The van der Waals surface area contributed by atoms with Crippen LogP contribution in [0.5, 0.6) is 5.75 Å². The van der Waals surface area contributed by atoms with Gasteiger partial charge in [0.05, 0.1) is 30.7 Å². The molecule has 2 aliphatic rings. The molecule has 5 atom stereocenters. The Morgan fingerprint density at radius 1 is 1.22 bits per heavy atom. The lowest BCUT2D eigenvalue weighted by molar-refractivity contribution is 0.0646. The van der Waals surface area contributed by atoms with Crippen molar-refractivity contribution in [3.63, 3.8) is 0 Å². The second-order valence-electron chi connectivity index (χ2n) is 10.5. The summed E-state index contributed by atoms with van der Waals surface area (Å²) in [5.41, 5.74) is 1.65. The minimum Gasteiger partial charge on any atom is -0.493 e. The third-order valence-electron chi connectivity index (χ3n) is 7.54. The molecule has 1 aliphatic carbocycles. The van der Waals surface area contributed by atoms with Gasteiger partial charge in [-0.25, -0.2) is 8.42 Å². The van der Waals surface area contributed by atoms with Gasteiger partial charge in [-0.05, 0) is 61.8 Å². The molecule has 2 fully saturated rings. The highest BCUT2D eigenvalue weighted by Gasteiger charge is 2.33. The van der Waals surface area contributed by atoms with Gasteiger partial charge in [-0.15, -0.1) is 0 Å². The van der Waals surface area contributed by atoms with Gasteiger partial charge in [-0.1, -0.05) is 43.7 Å². The summed E-state index contributed by atoms with van der Waals surface area (Å²) in [7, 11) is -2.08. The molecule has 0 spiro atoms. The molecular weight excluding hydrogens is 490 g/mol.